The highest BCUT2D eigenvalue weighted by Gasteiger charge is 2.22. The summed E-state index contributed by atoms with van der Waals surface area (Å²) in [7, 11) is 0. The van der Waals surface area contributed by atoms with Gasteiger partial charge in [0.1, 0.15) is 0 Å². The zero-order valence-corrected chi connectivity index (χ0v) is 16.0. The van der Waals surface area contributed by atoms with Gasteiger partial charge in [-0.1, -0.05) is 0 Å². The number of hydrogen-bond donors (Lipinski definition) is 0. The second kappa shape index (κ2) is 7.58. The lowest BCUT2D eigenvalue weighted by Gasteiger charge is -2.34. The van der Waals surface area contributed by atoms with E-state index in [1.54, 1.807) is 29.0 Å². The number of carbonyl (C=O) groups excluding carboxylic acids is 1. The molecule has 4 rings (SSSR count). The van der Waals surface area contributed by atoms with Crippen molar-refractivity contribution in [2.45, 2.75) is 13.5 Å². The first-order chi connectivity index (χ1) is 13.1. The molecule has 140 valence electrons. The highest BCUT2D eigenvalue weighted by molar-refractivity contribution is 7.16. The first kappa shape index (κ1) is 17.8. The topological polar surface area (TPSA) is 71.3 Å². The van der Waals surface area contributed by atoms with Crippen molar-refractivity contribution in [1.29, 1.82) is 0 Å². The fraction of sp³-hybridized carbons (Fsp3) is 0.368. The average molecular weight is 383 g/mol. The predicted molar refractivity (Wildman–Crippen MR) is 105 cm³/mol. The number of aromatic nitrogens is 3. The number of amides is 1. The zero-order chi connectivity index (χ0) is 18.8. The van der Waals surface area contributed by atoms with Crippen LogP contribution in [0.5, 0.6) is 0 Å². The molecule has 0 spiro atoms. The lowest BCUT2D eigenvalue weighted by Crippen LogP contribution is -2.49. The Hall–Kier alpha value is -2.58. The molecule has 0 aliphatic carbocycles. The molecule has 1 amide bonds. The Labute approximate surface area is 160 Å². The van der Waals surface area contributed by atoms with Gasteiger partial charge in [-0.2, -0.15) is 5.10 Å². The van der Waals surface area contributed by atoms with Crippen molar-refractivity contribution < 1.29 is 4.79 Å². The molecule has 0 bridgehead atoms. The summed E-state index contributed by atoms with van der Waals surface area (Å²) in [6.07, 6.45) is 0. The molecule has 0 radical (unpaired) electrons. The van der Waals surface area contributed by atoms with Gasteiger partial charge in [-0.05, 0) is 31.2 Å². The fourth-order valence-corrected chi connectivity index (χ4v) is 4.01. The van der Waals surface area contributed by atoms with Gasteiger partial charge in [0.05, 0.1) is 28.0 Å². The zero-order valence-electron chi connectivity index (χ0n) is 15.2. The van der Waals surface area contributed by atoms with Crippen LogP contribution >= 0.6 is 11.3 Å². The van der Waals surface area contributed by atoms with Crippen LogP contribution in [-0.2, 0) is 6.54 Å². The van der Waals surface area contributed by atoms with Gasteiger partial charge >= 0.3 is 0 Å². The van der Waals surface area contributed by atoms with E-state index in [0.717, 1.165) is 41.1 Å². The van der Waals surface area contributed by atoms with Gasteiger partial charge < -0.3 is 4.90 Å². The highest BCUT2D eigenvalue weighted by atomic mass is 32.1. The molecule has 1 aromatic carbocycles. The number of fused-ring (bicyclic) bond motifs is 1. The molecular formula is C19H21N5O2S. The molecule has 1 saturated heterocycles. The number of carbonyl (C=O) groups is 1. The fourth-order valence-electron chi connectivity index (χ4n) is 3.29. The molecule has 7 nitrogen and oxygen atoms in total. The van der Waals surface area contributed by atoms with E-state index in [1.807, 2.05) is 30.0 Å². The van der Waals surface area contributed by atoms with Crippen LogP contribution in [-0.4, -0.2) is 63.2 Å². The molecule has 0 saturated carbocycles. The lowest BCUT2D eigenvalue weighted by atomic mass is 10.1. The Morgan fingerprint density at radius 1 is 1.11 bits per heavy atom. The molecule has 3 aromatic rings. The van der Waals surface area contributed by atoms with Crippen molar-refractivity contribution in [2.24, 2.45) is 0 Å². The van der Waals surface area contributed by atoms with Crippen molar-refractivity contribution in [3.63, 3.8) is 0 Å². The first-order valence-electron chi connectivity index (χ1n) is 9.00. The van der Waals surface area contributed by atoms with E-state index < -0.39 is 0 Å². The molecular weight excluding hydrogens is 362 g/mol. The first-order valence-corrected chi connectivity index (χ1v) is 9.88. The minimum absolute atomic E-state index is 0.0709. The third-order valence-corrected chi connectivity index (χ3v) is 5.66. The van der Waals surface area contributed by atoms with Gasteiger partial charge in [0.2, 0.25) is 0 Å². The van der Waals surface area contributed by atoms with Crippen LogP contribution in [0, 0.1) is 6.92 Å². The number of rotatable bonds is 4. The maximum atomic E-state index is 12.8. The Morgan fingerprint density at radius 2 is 1.93 bits per heavy atom. The maximum Gasteiger partial charge on any atom is 0.266 e. The van der Waals surface area contributed by atoms with E-state index in [9.17, 15) is 9.59 Å². The minimum atomic E-state index is -0.0760. The van der Waals surface area contributed by atoms with Crippen LogP contribution in [0.2, 0.25) is 0 Å². The van der Waals surface area contributed by atoms with Crippen LogP contribution < -0.4 is 5.56 Å². The van der Waals surface area contributed by atoms with E-state index in [2.05, 4.69) is 15.0 Å². The standard InChI is InChI=1S/C19H21N5O2S/c1-14-2-5-18(25)24(21-14)11-8-22-6-9-23(10-7-22)19(26)15-3-4-16-17(12-15)27-13-20-16/h2-5,12-13H,6-11H2,1H3. The van der Waals surface area contributed by atoms with Gasteiger partial charge in [0.25, 0.3) is 11.5 Å². The smallest absolute Gasteiger partial charge is 0.266 e. The summed E-state index contributed by atoms with van der Waals surface area (Å²) in [5.41, 5.74) is 4.21. The summed E-state index contributed by atoms with van der Waals surface area (Å²) in [5.74, 6) is 0.0709. The van der Waals surface area contributed by atoms with Crippen LogP contribution in [0.3, 0.4) is 0 Å². The molecule has 0 unspecified atom stereocenters. The molecule has 0 N–H and O–H groups in total. The number of thiazole rings is 1. The van der Waals surface area contributed by atoms with Gasteiger partial charge in [-0.15, -0.1) is 11.3 Å². The van der Waals surface area contributed by atoms with Gasteiger partial charge in [-0.3, -0.25) is 14.5 Å². The molecule has 2 aromatic heterocycles. The maximum absolute atomic E-state index is 12.8. The summed E-state index contributed by atoms with van der Waals surface area (Å²) < 4.78 is 2.55. The van der Waals surface area contributed by atoms with Gasteiger partial charge in [0.15, 0.2) is 0 Å². The largest absolute Gasteiger partial charge is 0.336 e. The summed E-state index contributed by atoms with van der Waals surface area (Å²) in [5, 5.41) is 4.27. The van der Waals surface area contributed by atoms with Crippen LogP contribution in [0.15, 0.2) is 40.6 Å². The number of benzene rings is 1. The van der Waals surface area contributed by atoms with Gasteiger partial charge in [-0.25, -0.2) is 9.67 Å². The van der Waals surface area contributed by atoms with Crippen molar-refractivity contribution >= 4 is 27.5 Å². The van der Waals surface area contributed by atoms with E-state index in [-0.39, 0.29) is 11.5 Å². The number of piperazine rings is 1. The average Bonchev–Trinajstić information content (AvgIpc) is 3.16. The summed E-state index contributed by atoms with van der Waals surface area (Å²) >= 11 is 1.55. The minimum Gasteiger partial charge on any atom is -0.336 e. The van der Waals surface area contributed by atoms with Crippen LogP contribution in [0.1, 0.15) is 16.1 Å². The van der Waals surface area contributed by atoms with Gasteiger partial charge in [0, 0.05) is 44.4 Å². The van der Waals surface area contributed by atoms with Crippen molar-refractivity contribution in [3.8, 4) is 0 Å². The molecule has 8 heteroatoms. The monoisotopic (exact) mass is 383 g/mol. The second-order valence-electron chi connectivity index (χ2n) is 6.70. The third-order valence-electron chi connectivity index (χ3n) is 4.87. The van der Waals surface area contributed by atoms with E-state index >= 15 is 0 Å². The summed E-state index contributed by atoms with van der Waals surface area (Å²) in [4.78, 5) is 33.0. The molecule has 0 atom stereocenters. The number of hydrogen-bond acceptors (Lipinski definition) is 6. The Balaban J connectivity index is 1.33. The predicted octanol–water partition coefficient (Wildman–Crippen LogP) is 1.62. The second-order valence-corrected chi connectivity index (χ2v) is 7.59. The third kappa shape index (κ3) is 3.91. The lowest BCUT2D eigenvalue weighted by molar-refractivity contribution is 0.0631. The summed E-state index contributed by atoms with van der Waals surface area (Å²) in [6.45, 7) is 6.18. The number of aryl methyl sites for hydroxylation is 1. The Morgan fingerprint density at radius 3 is 2.74 bits per heavy atom. The highest BCUT2D eigenvalue weighted by Crippen LogP contribution is 2.20. The SMILES string of the molecule is Cc1ccc(=O)n(CCN2CCN(C(=O)c3ccc4ncsc4c3)CC2)n1. The molecule has 3 heterocycles. The van der Waals surface area contributed by atoms with E-state index in [0.29, 0.717) is 19.6 Å². The molecule has 1 fully saturated rings. The van der Waals surface area contributed by atoms with Crippen LogP contribution in [0.4, 0.5) is 0 Å². The van der Waals surface area contributed by atoms with Crippen molar-refractivity contribution in [2.75, 3.05) is 32.7 Å². The molecule has 27 heavy (non-hydrogen) atoms. The van der Waals surface area contributed by atoms with E-state index in [1.165, 1.54) is 4.68 Å². The van der Waals surface area contributed by atoms with Crippen molar-refractivity contribution in [1.82, 2.24) is 24.6 Å². The normalized spacial score (nSPS) is 15.4. The number of nitrogens with zero attached hydrogens (tertiary/aromatic N) is 5. The Kier molecular flexibility index (Phi) is 5.00. The quantitative estimate of drug-likeness (QED) is 0.685. The Bertz CT molecular complexity index is 1020. The summed E-state index contributed by atoms with van der Waals surface area (Å²) in [6, 6.07) is 8.97. The van der Waals surface area contributed by atoms with Crippen molar-refractivity contribution in [3.05, 3.63) is 57.5 Å². The van der Waals surface area contributed by atoms with E-state index in [4.69, 9.17) is 0 Å². The molecule has 1 aliphatic heterocycles. The van der Waals surface area contributed by atoms with Crippen LogP contribution in [0.25, 0.3) is 10.2 Å². The molecule has 1 aliphatic rings.